The van der Waals surface area contributed by atoms with Gasteiger partial charge in [-0.2, -0.15) is 0 Å². The van der Waals surface area contributed by atoms with E-state index in [9.17, 15) is 4.79 Å². The van der Waals surface area contributed by atoms with Gasteiger partial charge in [-0.15, -0.1) is 0 Å². The molecule has 0 aliphatic carbocycles. The van der Waals surface area contributed by atoms with Crippen LogP contribution in [0.3, 0.4) is 0 Å². The summed E-state index contributed by atoms with van der Waals surface area (Å²) in [6.45, 7) is 2.06. The van der Waals surface area contributed by atoms with Gasteiger partial charge in [-0.3, -0.25) is 9.78 Å². The smallest absolute Gasteiger partial charge is 0.223 e. The number of benzene rings is 1. The van der Waals surface area contributed by atoms with Crippen LogP contribution in [0.2, 0.25) is 0 Å². The number of amides is 1. The molecular formula is C24H24N6O. The van der Waals surface area contributed by atoms with Gasteiger partial charge >= 0.3 is 0 Å². The van der Waals surface area contributed by atoms with Crippen LogP contribution >= 0.6 is 0 Å². The number of anilines is 1. The molecule has 1 fully saturated rings. The lowest BCUT2D eigenvalue weighted by atomic mass is 9.96. The molecule has 7 heteroatoms. The molecule has 1 aliphatic heterocycles. The summed E-state index contributed by atoms with van der Waals surface area (Å²) in [5.74, 6) is 1.87. The van der Waals surface area contributed by atoms with Crippen LogP contribution < -0.4 is 10.2 Å². The van der Waals surface area contributed by atoms with E-state index < -0.39 is 0 Å². The van der Waals surface area contributed by atoms with Crippen molar-refractivity contribution in [2.24, 2.45) is 5.92 Å². The summed E-state index contributed by atoms with van der Waals surface area (Å²) in [6.07, 6.45) is 7.01. The average molecular weight is 412 g/mol. The number of nitrogens with one attached hydrogen (secondary N) is 1. The molecule has 1 saturated heterocycles. The van der Waals surface area contributed by atoms with Crippen molar-refractivity contribution >= 4 is 22.6 Å². The van der Waals surface area contributed by atoms with E-state index in [2.05, 4.69) is 47.9 Å². The normalized spacial score (nSPS) is 14.6. The molecule has 0 bridgehead atoms. The number of nitrogens with zero attached hydrogens (tertiary/aromatic N) is 5. The van der Waals surface area contributed by atoms with Crippen LogP contribution in [0.15, 0.2) is 73.3 Å². The molecule has 0 spiro atoms. The first-order valence-corrected chi connectivity index (χ1v) is 10.6. The summed E-state index contributed by atoms with van der Waals surface area (Å²) in [4.78, 5) is 28.0. The van der Waals surface area contributed by atoms with Crippen molar-refractivity contribution in [2.45, 2.75) is 19.4 Å². The Morgan fingerprint density at radius 1 is 0.968 bits per heavy atom. The molecule has 0 radical (unpaired) electrons. The zero-order valence-electron chi connectivity index (χ0n) is 17.2. The first kappa shape index (κ1) is 19.2. The number of hydrogen-bond donors (Lipinski definition) is 1. The fourth-order valence-corrected chi connectivity index (χ4v) is 4.12. The molecule has 7 nitrogen and oxygen atoms in total. The topological polar surface area (TPSA) is 75.9 Å². The highest BCUT2D eigenvalue weighted by Gasteiger charge is 2.25. The number of para-hydroxylation sites is 1. The predicted molar refractivity (Wildman–Crippen MR) is 120 cm³/mol. The molecule has 1 aromatic carbocycles. The molecule has 1 aliphatic rings. The Morgan fingerprint density at radius 2 is 1.77 bits per heavy atom. The summed E-state index contributed by atoms with van der Waals surface area (Å²) >= 11 is 0. The fourth-order valence-electron chi connectivity index (χ4n) is 4.12. The van der Waals surface area contributed by atoms with E-state index >= 15 is 0 Å². The number of fused-ring (bicyclic) bond motifs is 1. The van der Waals surface area contributed by atoms with Crippen LogP contribution in [0.25, 0.3) is 16.7 Å². The molecule has 31 heavy (non-hydrogen) atoms. The summed E-state index contributed by atoms with van der Waals surface area (Å²) in [5, 5.41) is 4.20. The van der Waals surface area contributed by atoms with E-state index in [1.165, 1.54) is 5.39 Å². The van der Waals surface area contributed by atoms with Gasteiger partial charge in [0.05, 0.1) is 17.8 Å². The first-order valence-electron chi connectivity index (χ1n) is 10.6. The molecule has 4 aromatic rings. The highest BCUT2D eigenvalue weighted by molar-refractivity contribution is 5.81. The van der Waals surface area contributed by atoms with E-state index in [1.54, 1.807) is 12.5 Å². The predicted octanol–water partition coefficient (Wildman–Crippen LogP) is 3.35. The van der Waals surface area contributed by atoms with Gasteiger partial charge < -0.3 is 14.8 Å². The summed E-state index contributed by atoms with van der Waals surface area (Å²) < 4.78 is 2.08. The maximum Gasteiger partial charge on any atom is 0.223 e. The minimum absolute atomic E-state index is 0.0228. The Kier molecular flexibility index (Phi) is 5.31. The van der Waals surface area contributed by atoms with Crippen LogP contribution in [0.1, 0.15) is 18.5 Å². The first-order chi connectivity index (χ1) is 15.3. The van der Waals surface area contributed by atoms with Gasteiger partial charge in [-0.1, -0.05) is 24.3 Å². The van der Waals surface area contributed by atoms with Crippen LogP contribution in [-0.2, 0) is 11.3 Å². The van der Waals surface area contributed by atoms with Gasteiger partial charge in [0.1, 0.15) is 18.0 Å². The molecule has 5 rings (SSSR count). The molecule has 4 heterocycles. The zero-order valence-corrected chi connectivity index (χ0v) is 17.2. The Balaban J connectivity index is 1.23. The van der Waals surface area contributed by atoms with Crippen LogP contribution in [0, 0.1) is 5.92 Å². The Labute approximate surface area is 180 Å². The second kappa shape index (κ2) is 8.55. The average Bonchev–Trinajstić information content (AvgIpc) is 3.28. The molecule has 156 valence electrons. The van der Waals surface area contributed by atoms with Crippen LogP contribution in [-0.4, -0.2) is 38.5 Å². The number of carbonyl (C=O) groups is 1. The van der Waals surface area contributed by atoms with E-state index in [4.69, 9.17) is 0 Å². The fraction of sp³-hybridized carbons (Fsp3) is 0.250. The van der Waals surface area contributed by atoms with Crippen LogP contribution in [0.5, 0.6) is 0 Å². The number of rotatable bonds is 5. The van der Waals surface area contributed by atoms with E-state index in [0.717, 1.165) is 48.8 Å². The summed E-state index contributed by atoms with van der Waals surface area (Å²) in [5.41, 5.74) is 2.00. The highest BCUT2D eigenvalue weighted by Crippen LogP contribution is 2.25. The van der Waals surface area contributed by atoms with E-state index in [0.29, 0.717) is 6.54 Å². The minimum Gasteiger partial charge on any atom is -0.356 e. The number of carbonyl (C=O) groups excluding carboxylic acids is 1. The molecule has 0 saturated carbocycles. The van der Waals surface area contributed by atoms with E-state index in [-0.39, 0.29) is 11.8 Å². The van der Waals surface area contributed by atoms with Crippen LogP contribution in [0.4, 0.5) is 5.82 Å². The molecule has 0 atom stereocenters. The van der Waals surface area contributed by atoms with Crippen molar-refractivity contribution in [1.29, 1.82) is 0 Å². The van der Waals surface area contributed by atoms with Crippen molar-refractivity contribution in [3.63, 3.8) is 0 Å². The van der Waals surface area contributed by atoms with Gasteiger partial charge in [-0.25, -0.2) is 9.97 Å². The van der Waals surface area contributed by atoms with Gasteiger partial charge in [0.15, 0.2) is 0 Å². The Morgan fingerprint density at radius 3 is 2.61 bits per heavy atom. The summed E-state index contributed by atoms with van der Waals surface area (Å²) in [6, 6.07) is 18.1. The molecule has 0 unspecified atom stereocenters. The third kappa shape index (κ3) is 4.12. The highest BCUT2D eigenvalue weighted by atomic mass is 16.1. The molecule has 3 aromatic heterocycles. The quantitative estimate of drug-likeness (QED) is 0.544. The lowest BCUT2D eigenvalue weighted by Crippen LogP contribution is -2.40. The van der Waals surface area contributed by atoms with Crippen molar-refractivity contribution in [3.8, 4) is 5.82 Å². The number of piperidine rings is 1. The number of pyridine rings is 1. The number of hydrogen-bond acceptors (Lipinski definition) is 5. The lowest BCUT2D eigenvalue weighted by Gasteiger charge is -2.32. The standard InChI is InChI=1S/C24H24N6O/c31-24(26-16-20-6-3-4-11-25-20)19-8-12-29(13-9-19)22-15-23(28-17-27-22)30-14-10-18-5-1-2-7-21(18)30/h1-7,10-11,14-15,17,19H,8-9,12-13,16H2,(H,26,31). The molecule has 1 amide bonds. The molecule has 1 N–H and O–H groups in total. The van der Waals surface area contributed by atoms with Crippen molar-refractivity contribution in [1.82, 2.24) is 24.8 Å². The second-order valence-corrected chi connectivity index (χ2v) is 7.78. The number of aromatic nitrogens is 4. The van der Waals surface area contributed by atoms with Gasteiger partial charge in [0.2, 0.25) is 5.91 Å². The van der Waals surface area contributed by atoms with Crippen molar-refractivity contribution < 1.29 is 4.79 Å². The minimum atomic E-state index is 0.0228. The largest absolute Gasteiger partial charge is 0.356 e. The van der Waals surface area contributed by atoms with Gasteiger partial charge in [0.25, 0.3) is 0 Å². The maximum atomic E-state index is 12.6. The summed E-state index contributed by atoms with van der Waals surface area (Å²) in [7, 11) is 0. The van der Waals surface area contributed by atoms with Gasteiger partial charge in [0, 0.05) is 37.5 Å². The third-order valence-electron chi connectivity index (χ3n) is 5.84. The second-order valence-electron chi connectivity index (χ2n) is 7.78. The van der Waals surface area contributed by atoms with Crippen molar-refractivity contribution in [2.75, 3.05) is 18.0 Å². The van der Waals surface area contributed by atoms with Gasteiger partial charge in [-0.05, 0) is 42.5 Å². The Hall–Kier alpha value is -3.74. The zero-order chi connectivity index (χ0) is 21.0. The lowest BCUT2D eigenvalue weighted by molar-refractivity contribution is -0.125. The third-order valence-corrected chi connectivity index (χ3v) is 5.84. The maximum absolute atomic E-state index is 12.6. The Bertz CT molecular complexity index is 1180. The van der Waals surface area contributed by atoms with Crippen molar-refractivity contribution in [3.05, 3.63) is 79.0 Å². The monoisotopic (exact) mass is 412 g/mol. The molecular weight excluding hydrogens is 388 g/mol. The SMILES string of the molecule is O=C(NCc1ccccn1)C1CCN(c2cc(-n3ccc4ccccc43)ncn2)CC1. The van der Waals surface area contributed by atoms with E-state index in [1.807, 2.05) is 42.6 Å².